The molecular weight excluding hydrogens is 246 g/mol. The fourth-order valence-corrected chi connectivity index (χ4v) is 1.42. The van der Waals surface area contributed by atoms with Crippen LogP contribution < -0.4 is 19.9 Å². The number of rotatable bonds is 6. The number of para-hydroxylation sites is 1. The van der Waals surface area contributed by atoms with Crippen molar-refractivity contribution in [3.63, 3.8) is 0 Å². The van der Waals surface area contributed by atoms with Crippen LogP contribution in [-0.4, -0.2) is 30.3 Å². The van der Waals surface area contributed by atoms with E-state index in [0.29, 0.717) is 25.0 Å². The Labute approximate surface area is 111 Å². The second-order valence-electron chi connectivity index (χ2n) is 3.62. The van der Waals surface area contributed by atoms with E-state index in [4.69, 9.17) is 19.9 Å². The third-order valence-electron chi connectivity index (χ3n) is 2.25. The number of hydrogen-bond donors (Lipinski definition) is 1. The highest BCUT2D eigenvalue weighted by molar-refractivity contribution is 5.29. The van der Waals surface area contributed by atoms with Crippen molar-refractivity contribution >= 4 is 5.95 Å². The highest BCUT2D eigenvalue weighted by Gasteiger charge is 2.03. The van der Waals surface area contributed by atoms with Gasteiger partial charge in [0, 0.05) is 0 Å². The fraction of sp³-hybridized carbons (Fsp3) is 0.231. The molecule has 1 heterocycles. The largest absolute Gasteiger partial charge is 0.490 e. The lowest BCUT2D eigenvalue weighted by molar-refractivity contribution is 0.211. The number of methoxy groups -OCH3 is 1. The molecular formula is C13H15N3O3. The lowest BCUT2D eigenvalue weighted by Gasteiger charge is -2.08. The Morgan fingerprint density at radius 2 is 1.68 bits per heavy atom. The van der Waals surface area contributed by atoms with Gasteiger partial charge < -0.3 is 19.9 Å². The summed E-state index contributed by atoms with van der Waals surface area (Å²) in [5.74, 6) is 1.64. The molecule has 0 bridgehead atoms. The number of nitrogens with two attached hydrogens (primary N) is 1. The van der Waals surface area contributed by atoms with E-state index in [1.807, 2.05) is 30.3 Å². The van der Waals surface area contributed by atoms with E-state index in [1.165, 1.54) is 7.11 Å². The fourth-order valence-electron chi connectivity index (χ4n) is 1.42. The highest BCUT2D eigenvalue weighted by Crippen LogP contribution is 2.16. The topological polar surface area (TPSA) is 79.5 Å². The zero-order valence-electron chi connectivity index (χ0n) is 10.6. The summed E-state index contributed by atoms with van der Waals surface area (Å²) in [6, 6.07) is 11.1. The maximum atomic E-state index is 5.52. The Morgan fingerprint density at radius 3 is 2.42 bits per heavy atom. The second kappa shape index (κ2) is 6.44. The number of nitrogens with zero attached hydrogens (tertiary/aromatic N) is 2. The summed E-state index contributed by atoms with van der Waals surface area (Å²) in [6.07, 6.45) is 0. The Bertz CT molecular complexity index is 520. The highest BCUT2D eigenvalue weighted by atomic mass is 16.5. The molecule has 2 rings (SSSR count). The molecule has 0 saturated heterocycles. The van der Waals surface area contributed by atoms with E-state index in [1.54, 1.807) is 6.07 Å². The summed E-state index contributed by atoms with van der Waals surface area (Å²) in [6.45, 7) is 0.769. The Hall–Kier alpha value is -2.50. The van der Waals surface area contributed by atoms with Crippen molar-refractivity contribution < 1.29 is 14.2 Å². The van der Waals surface area contributed by atoms with E-state index in [9.17, 15) is 0 Å². The van der Waals surface area contributed by atoms with Crippen LogP contribution in [0.2, 0.25) is 0 Å². The summed E-state index contributed by atoms with van der Waals surface area (Å²) >= 11 is 0. The molecule has 6 nitrogen and oxygen atoms in total. The molecule has 19 heavy (non-hydrogen) atoms. The van der Waals surface area contributed by atoms with Gasteiger partial charge in [-0.2, -0.15) is 9.97 Å². The first kappa shape index (κ1) is 12.9. The first-order valence-electron chi connectivity index (χ1n) is 5.77. The molecule has 0 aliphatic heterocycles. The summed E-state index contributed by atoms with van der Waals surface area (Å²) in [5.41, 5.74) is 5.52. The maximum absolute atomic E-state index is 5.52. The predicted molar refractivity (Wildman–Crippen MR) is 70.4 cm³/mol. The standard InChI is InChI=1S/C13H15N3O3/c1-17-11-9-12(16-13(14)15-11)19-8-7-18-10-5-3-2-4-6-10/h2-6,9H,7-8H2,1H3,(H2,14,15,16). The molecule has 0 saturated carbocycles. The summed E-state index contributed by atoms with van der Waals surface area (Å²) in [7, 11) is 1.50. The molecule has 0 spiro atoms. The maximum Gasteiger partial charge on any atom is 0.226 e. The lowest BCUT2D eigenvalue weighted by atomic mass is 10.3. The molecule has 0 amide bonds. The Morgan fingerprint density at radius 1 is 1.00 bits per heavy atom. The number of aromatic nitrogens is 2. The molecule has 1 aromatic carbocycles. The van der Waals surface area contributed by atoms with Crippen molar-refractivity contribution in [2.24, 2.45) is 0 Å². The Kier molecular flexibility index (Phi) is 4.39. The van der Waals surface area contributed by atoms with E-state index in [2.05, 4.69) is 9.97 Å². The third kappa shape index (κ3) is 4.02. The second-order valence-corrected chi connectivity index (χ2v) is 3.62. The van der Waals surface area contributed by atoms with Crippen molar-refractivity contribution in [2.75, 3.05) is 26.1 Å². The van der Waals surface area contributed by atoms with Gasteiger partial charge in [-0.05, 0) is 12.1 Å². The predicted octanol–water partition coefficient (Wildman–Crippen LogP) is 1.53. The van der Waals surface area contributed by atoms with Crippen molar-refractivity contribution in [1.82, 2.24) is 9.97 Å². The quantitative estimate of drug-likeness (QED) is 0.794. The average molecular weight is 261 g/mol. The van der Waals surface area contributed by atoms with Crippen molar-refractivity contribution in [3.05, 3.63) is 36.4 Å². The van der Waals surface area contributed by atoms with Gasteiger partial charge in [-0.25, -0.2) is 0 Å². The molecule has 0 aliphatic carbocycles. The summed E-state index contributed by atoms with van der Waals surface area (Å²) in [4.78, 5) is 7.80. The lowest BCUT2D eigenvalue weighted by Crippen LogP contribution is -2.10. The van der Waals surface area contributed by atoms with Gasteiger partial charge in [0.2, 0.25) is 17.7 Å². The first-order chi connectivity index (χ1) is 9.28. The van der Waals surface area contributed by atoms with Crippen molar-refractivity contribution in [1.29, 1.82) is 0 Å². The van der Waals surface area contributed by atoms with Gasteiger partial charge in [-0.15, -0.1) is 0 Å². The third-order valence-corrected chi connectivity index (χ3v) is 2.25. The first-order valence-corrected chi connectivity index (χ1v) is 5.77. The molecule has 0 atom stereocenters. The van der Waals surface area contributed by atoms with Crippen LogP contribution in [0.5, 0.6) is 17.5 Å². The minimum absolute atomic E-state index is 0.110. The molecule has 0 unspecified atom stereocenters. The smallest absolute Gasteiger partial charge is 0.226 e. The Balaban J connectivity index is 1.81. The van der Waals surface area contributed by atoms with Gasteiger partial charge in [0.25, 0.3) is 0 Å². The number of hydrogen-bond acceptors (Lipinski definition) is 6. The summed E-state index contributed by atoms with van der Waals surface area (Å²) < 4.78 is 15.9. The van der Waals surface area contributed by atoms with Crippen LogP contribution in [0.3, 0.4) is 0 Å². The number of nitrogen functional groups attached to an aromatic ring is 1. The van der Waals surface area contributed by atoms with Crippen molar-refractivity contribution in [3.8, 4) is 17.5 Å². The van der Waals surface area contributed by atoms with E-state index < -0.39 is 0 Å². The van der Waals surface area contributed by atoms with Gasteiger partial charge >= 0.3 is 0 Å². The number of benzene rings is 1. The van der Waals surface area contributed by atoms with Crippen LogP contribution in [0.1, 0.15) is 0 Å². The van der Waals surface area contributed by atoms with Gasteiger partial charge in [0.05, 0.1) is 13.2 Å². The summed E-state index contributed by atoms with van der Waals surface area (Å²) in [5, 5.41) is 0. The molecule has 0 radical (unpaired) electrons. The van der Waals surface area contributed by atoms with E-state index in [0.717, 1.165) is 5.75 Å². The molecule has 100 valence electrons. The van der Waals surface area contributed by atoms with E-state index in [-0.39, 0.29) is 5.95 Å². The van der Waals surface area contributed by atoms with Crippen molar-refractivity contribution in [2.45, 2.75) is 0 Å². The zero-order valence-corrected chi connectivity index (χ0v) is 10.6. The monoisotopic (exact) mass is 261 g/mol. The number of anilines is 1. The van der Waals surface area contributed by atoms with Crippen LogP contribution in [0, 0.1) is 0 Å². The minimum Gasteiger partial charge on any atom is -0.490 e. The molecule has 2 aromatic rings. The van der Waals surface area contributed by atoms with Crippen LogP contribution >= 0.6 is 0 Å². The zero-order chi connectivity index (χ0) is 13.5. The van der Waals surface area contributed by atoms with Gasteiger partial charge in [-0.3, -0.25) is 0 Å². The molecule has 2 N–H and O–H groups in total. The van der Waals surface area contributed by atoms with Gasteiger partial charge in [0.15, 0.2) is 0 Å². The molecule has 1 aromatic heterocycles. The number of ether oxygens (including phenoxy) is 3. The average Bonchev–Trinajstić information content (AvgIpc) is 2.44. The van der Waals surface area contributed by atoms with Gasteiger partial charge in [0.1, 0.15) is 19.0 Å². The van der Waals surface area contributed by atoms with Crippen LogP contribution in [-0.2, 0) is 0 Å². The van der Waals surface area contributed by atoms with Crippen LogP contribution in [0.4, 0.5) is 5.95 Å². The SMILES string of the molecule is COc1cc(OCCOc2ccccc2)nc(N)n1. The molecule has 6 heteroatoms. The van der Waals surface area contributed by atoms with E-state index >= 15 is 0 Å². The molecule has 0 fully saturated rings. The van der Waals surface area contributed by atoms with Gasteiger partial charge in [-0.1, -0.05) is 18.2 Å². The molecule has 0 aliphatic rings. The normalized spacial score (nSPS) is 9.95. The van der Waals surface area contributed by atoms with Crippen LogP contribution in [0.25, 0.3) is 0 Å². The van der Waals surface area contributed by atoms with Crippen LogP contribution in [0.15, 0.2) is 36.4 Å². The minimum atomic E-state index is 0.110.